The molecular weight excluding hydrogens is 265 g/mol. The van der Waals surface area contributed by atoms with E-state index in [1.54, 1.807) is 12.1 Å². The molecule has 21 heavy (non-hydrogen) atoms. The molecule has 0 aromatic heterocycles. The largest absolute Gasteiger partial charge is 0.493 e. The molecule has 2 aromatic carbocycles. The molecule has 0 radical (unpaired) electrons. The second-order valence-corrected chi connectivity index (χ2v) is 5.74. The van der Waals surface area contributed by atoms with Gasteiger partial charge in [0.2, 0.25) is 0 Å². The number of benzene rings is 2. The summed E-state index contributed by atoms with van der Waals surface area (Å²) in [5.74, 6) is 1.05. The van der Waals surface area contributed by atoms with E-state index >= 15 is 0 Å². The van der Waals surface area contributed by atoms with Crippen LogP contribution in [0.3, 0.4) is 0 Å². The Bertz CT molecular complexity index is 641. The maximum atomic E-state index is 14.0. The van der Waals surface area contributed by atoms with Crippen molar-refractivity contribution in [1.29, 1.82) is 0 Å². The normalized spacial score (nSPS) is 18.7. The first kappa shape index (κ1) is 14.1. The third-order valence-corrected chi connectivity index (χ3v) is 4.18. The first-order chi connectivity index (χ1) is 10.1. The topological polar surface area (TPSA) is 35.2 Å². The van der Waals surface area contributed by atoms with E-state index in [1.165, 1.54) is 5.56 Å². The van der Waals surface area contributed by atoms with E-state index in [9.17, 15) is 4.39 Å². The highest BCUT2D eigenvalue weighted by Crippen LogP contribution is 2.38. The van der Waals surface area contributed by atoms with Crippen LogP contribution in [-0.4, -0.2) is 6.61 Å². The molecule has 0 bridgehead atoms. The molecule has 2 nitrogen and oxygen atoms in total. The predicted octanol–water partition coefficient (Wildman–Crippen LogP) is 4.09. The average Bonchev–Trinajstić information content (AvgIpc) is 2.47. The Labute approximate surface area is 124 Å². The first-order valence-electron chi connectivity index (χ1n) is 7.38. The van der Waals surface area contributed by atoms with Crippen molar-refractivity contribution in [1.82, 2.24) is 0 Å². The van der Waals surface area contributed by atoms with Crippen molar-refractivity contribution in [3.63, 3.8) is 0 Å². The molecule has 1 heterocycles. The van der Waals surface area contributed by atoms with E-state index in [0.717, 1.165) is 24.2 Å². The minimum atomic E-state index is -0.290. The fraction of sp³-hybridized carbons (Fsp3) is 0.333. The number of fused-ring (bicyclic) bond motifs is 1. The average molecular weight is 285 g/mol. The van der Waals surface area contributed by atoms with Gasteiger partial charge in [0.1, 0.15) is 11.6 Å². The van der Waals surface area contributed by atoms with Crippen molar-refractivity contribution in [2.45, 2.75) is 31.7 Å². The van der Waals surface area contributed by atoms with E-state index < -0.39 is 0 Å². The maximum Gasteiger partial charge on any atom is 0.128 e. The quantitative estimate of drug-likeness (QED) is 0.922. The summed E-state index contributed by atoms with van der Waals surface area (Å²) >= 11 is 0. The smallest absolute Gasteiger partial charge is 0.128 e. The van der Waals surface area contributed by atoms with Crippen molar-refractivity contribution in [2.75, 3.05) is 6.61 Å². The van der Waals surface area contributed by atoms with Gasteiger partial charge in [-0.2, -0.15) is 0 Å². The third kappa shape index (κ3) is 2.93. The van der Waals surface area contributed by atoms with Crippen LogP contribution in [0.1, 0.15) is 41.5 Å². The second kappa shape index (κ2) is 5.86. The predicted molar refractivity (Wildman–Crippen MR) is 82.0 cm³/mol. The highest BCUT2D eigenvalue weighted by atomic mass is 19.1. The van der Waals surface area contributed by atoms with Gasteiger partial charge in [0.05, 0.1) is 6.61 Å². The zero-order valence-corrected chi connectivity index (χ0v) is 12.2. The molecule has 0 fully saturated rings. The Kier molecular flexibility index (Phi) is 3.93. The van der Waals surface area contributed by atoms with Crippen LogP contribution in [0.2, 0.25) is 0 Å². The lowest BCUT2D eigenvalue weighted by Gasteiger charge is -2.28. The van der Waals surface area contributed by atoms with Crippen LogP contribution >= 0.6 is 0 Å². The van der Waals surface area contributed by atoms with Gasteiger partial charge in [-0.3, -0.25) is 0 Å². The monoisotopic (exact) mass is 285 g/mol. The zero-order valence-electron chi connectivity index (χ0n) is 12.2. The molecule has 0 saturated carbocycles. The van der Waals surface area contributed by atoms with E-state index in [0.29, 0.717) is 18.1 Å². The van der Waals surface area contributed by atoms with E-state index in [4.69, 9.17) is 10.5 Å². The molecule has 2 unspecified atom stereocenters. The van der Waals surface area contributed by atoms with Crippen molar-refractivity contribution < 1.29 is 9.13 Å². The van der Waals surface area contributed by atoms with Gasteiger partial charge in [-0.1, -0.05) is 30.3 Å². The molecule has 1 aliphatic rings. The van der Waals surface area contributed by atoms with Gasteiger partial charge in [0, 0.05) is 11.6 Å². The van der Waals surface area contributed by atoms with Gasteiger partial charge < -0.3 is 10.5 Å². The van der Waals surface area contributed by atoms with Crippen LogP contribution in [0.5, 0.6) is 5.75 Å². The Balaban J connectivity index is 1.81. The Morgan fingerprint density at radius 2 is 2.10 bits per heavy atom. The molecule has 0 amide bonds. The van der Waals surface area contributed by atoms with Crippen LogP contribution in [0, 0.1) is 12.7 Å². The molecule has 0 spiro atoms. The lowest BCUT2D eigenvalue weighted by Crippen LogP contribution is -2.20. The number of hydrogen-bond acceptors (Lipinski definition) is 2. The van der Waals surface area contributed by atoms with Gasteiger partial charge in [0.25, 0.3) is 0 Å². The highest BCUT2D eigenvalue weighted by molar-refractivity contribution is 5.38. The summed E-state index contributed by atoms with van der Waals surface area (Å²) in [5, 5.41) is 0. The second-order valence-electron chi connectivity index (χ2n) is 5.74. The number of nitrogens with two attached hydrogens (primary N) is 1. The summed E-state index contributed by atoms with van der Waals surface area (Å²) in [6, 6.07) is 13.0. The van der Waals surface area contributed by atoms with Gasteiger partial charge in [-0.05, 0) is 48.9 Å². The molecule has 2 N–H and O–H groups in total. The molecule has 2 aromatic rings. The van der Waals surface area contributed by atoms with Crippen molar-refractivity contribution in [3.05, 3.63) is 65.0 Å². The van der Waals surface area contributed by atoms with E-state index in [1.807, 2.05) is 31.2 Å². The number of halogens is 1. The minimum Gasteiger partial charge on any atom is -0.493 e. The fourth-order valence-electron chi connectivity index (χ4n) is 3.03. The lowest BCUT2D eigenvalue weighted by molar-refractivity contribution is 0.259. The van der Waals surface area contributed by atoms with Gasteiger partial charge in [-0.15, -0.1) is 0 Å². The van der Waals surface area contributed by atoms with Crippen molar-refractivity contribution in [3.8, 4) is 5.75 Å². The minimum absolute atomic E-state index is 0.206. The first-order valence-corrected chi connectivity index (χ1v) is 7.38. The summed E-state index contributed by atoms with van der Waals surface area (Å²) in [5.41, 5.74) is 8.96. The molecule has 3 heteroatoms. The molecule has 1 aliphatic heterocycles. The summed E-state index contributed by atoms with van der Waals surface area (Å²) < 4.78 is 19.7. The van der Waals surface area contributed by atoms with Crippen molar-refractivity contribution in [2.24, 2.45) is 5.73 Å². The Hall–Kier alpha value is -1.87. The summed E-state index contributed by atoms with van der Waals surface area (Å²) in [4.78, 5) is 0. The number of rotatable bonds is 3. The lowest BCUT2D eigenvalue weighted by atomic mass is 9.85. The van der Waals surface area contributed by atoms with Crippen LogP contribution in [0.25, 0.3) is 0 Å². The van der Waals surface area contributed by atoms with E-state index in [2.05, 4.69) is 6.07 Å². The summed E-state index contributed by atoms with van der Waals surface area (Å²) in [6.07, 6.45) is 1.67. The number of para-hydroxylation sites is 1. The molecular formula is C18H20FNO. The third-order valence-electron chi connectivity index (χ3n) is 4.18. The van der Waals surface area contributed by atoms with Crippen LogP contribution < -0.4 is 10.5 Å². The Morgan fingerprint density at radius 3 is 2.90 bits per heavy atom. The standard InChI is InChI=1S/C18H20FNO/c1-12-6-7-15(16(19)10-12)17(20)11-13-8-9-21-18-5-3-2-4-14(13)18/h2-7,10,13,17H,8-9,11,20H2,1H3. The molecule has 110 valence electrons. The fourth-order valence-corrected chi connectivity index (χ4v) is 3.03. The molecule has 0 aliphatic carbocycles. The molecule has 0 saturated heterocycles. The molecule has 3 rings (SSSR count). The van der Waals surface area contributed by atoms with Crippen molar-refractivity contribution >= 4 is 0 Å². The van der Waals surface area contributed by atoms with Crippen LogP contribution in [0.15, 0.2) is 42.5 Å². The maximum absolute atomic E-state index is 14.0. The van der Waals surface area contributed by atoms with Gasteiger partial charge in [0.15, 0.2) is 0 Å². The van der Waals surface area contributed by atoms with E-state index in [-0.39, 0.29) is 11.9 Å². The number of aryl methyl sites for hydroxylation is 1. The number of hydrogen-bond donors (Lipinski definition) is 1. The molecule has 2 atom stereocenters. The summed E-state index contributed by atoms with van der Waals surface area (Å²) in [7, 11) is 0. The SMILES string of the molecule is Cc1ccc(C(N)CC2CCOc3ccccc32)c(F)c1. The van der Waals surface area contributed by atoms with Crippen LogP contribution in [-0.2, 0) is 0 Å². The van der Waals surface area contributed by atoms with Gasteiger partial charge in [-0.25, -0.2) is 4.39 Å². The number of ether oxygens (including phenoxy) is 1. The zero-order chi connectivity index (χ0) is 14.8. The van der Waals surface area contributed by atoms with Crippen LogP contribution in [0.4, 0.5) is 4.39 Å². The Morgan fingerprint density at radius 1 is 1.29 bits per heavy atom. The highest BCUT2D eigenvalue weighted by Gasteiger charge is 2.24. The summed E-state index contributed by atoms with van der Waals surface area (Å²) in [6.45, 7) is 2.58. The van der Waals surface area contributed by atoms with Gasteiger partial charge >= 0.3 is 0 Å².